The molecule has 0 aliphatic rings. The molecule has 0 saturated carbocycles. The molecule has 0 amide bonds. The van der Waals surface area contributed by atoms with Crippen molar-refractivity contribution in [2.45, 2.75) is 33.2 Å². The molecule has 3 aromatic heterocycles. The molecule has 6 aromatic carbocycles. The number of pyridine rings is 1. The molecule has 52 heavy (non-hydrogen) atoms. The fourth-order valence-corrected chi connectivity index (χ4v) is 7.61. The highest BCUT2D eigenvalue weighted by atomic mass is 15.2. The third-order valence-corrected chi connectivity index (χ3v) is 10.1. The van der Waals surface area contributed by atoms with E-state index >= 15 is 0 Å². The van der Waals surface area contributed by atoms with E-state index in [1.54, 1.807) is 0 Å². The Morgan fingerprint density at radius 2 is 1.23 bits per heavy atom. The maximum Gasteiger partial charge on any atom is 0.191 e. The summed E-state index contributed by atoms with van der Waals surface area (Å²) in [6.45, 7) is 8.92. The number of nitrogens with zero attached hydrogens (tertiary/aromatic N) is 5. The number of rotatable bonds is 6. The minimum Gasteiger partial charge on any atom is -0.309 e. The Kier molecular flexibility index (Phi) is 7.51. The van der Waals surface area contributed by atoms with Crippen LogP contribution in [-0.4, -0.2) is 18.7 Å². The second-order valence-corrected chi connectivity index (χ2v) is 14.5. The number of fused-ring (bicyclic) bond motifs is 4. The third-order valence-electron chi connectivity index (χ3n) is 10.1. The van der Waals surface area contributed by atoms with E-state index in [-0.39, 0.29) is 5.54 Å². The van der Waals surface area contributed by atoms with Gasteiger partial charge in [0.05, 0.1) is 22.3 Å². The molecule has 9 aromatic rings. The summed E-state index contributed by atoms with van der Waals surface area (Å²) < 4.78 is 6.98. The summed E-state index contributed by atoms with van der Waals surface area (Å²) in [5.74, 6) is 0.893. The van der Waals surface area contributed by atoms with E-state index in [0.29, 0.717) is 0 Å². The number of para-hydroxylation sites is 4. The van der Waals surface area contributed by atoms with Gasteiger partial charge in [-0.3, -0.25) is 4.57 Å². The quantitative estimate of drug-likeness (QED) is 0.164. The van der Waals surface area contributed by atoms with Crippen molar-refractivity contribution in [3.05, 3.63) is 176 Å². The number of benzene rings is 6. The van der Waals surface area contributed by atoms with E-state index in [9.17, 15) is 0 Å². The first-order valence-corrected chi connectivity index (χ1v) is 17.9. The van der Waals surface area contributed by atoms with Crippen molar-refractivity contribution in [1.29, 1.82) is 0 Å². The zero-order valence-electron chi connectivity index (χ0n) is 29.9. The first-order chi connectivity index (χ1) is 25.3. The molecule has 0 aliphatic heterocycles. The standard InChI is InChI=1S/C47H40N5/c1-33-15-8-9-20-39(33)34-27-28-48-46(29-34)52-42-22-11-10-21-40(42)41-26-25-38(31-45(41)52)51(35-16-6-5-7-17-35)37-19-14-18-36(30-37)49-32-50(47(2,3)4)44-24-13-12-23-43(44)49/h5-32H,1-4H3/q+1. The normalized spacial score (nSPS) is 11.8. The van der Waals surface area contributed by atoms with E-state index in [1.807, 2.05) is 6.20 Å². The first kappa shape index (κ1) is 31.5. The van der Waals surface area contributed by atoms with Crippen LogP contribution < -0.4 is 4.90 Å². The highest BCUT2D eigenvalue weighted by molar-refractivity contribution is 6.10. The average molecular weight is 675 g/mol. The van der Waals surface area contributed by atoms with Gasteiger partial charge in [0.2, 0.25) is 0 Å². The summed E-state index contributed by atoms with van der Waals surface area (Å²) in [5.41, 5.74) is 12.5. The summed E-state index contributed by atoms with van der Waals surface area (Å²) in [7, 11) is 0. The zero-order chi connectivity index (χ0) is 35.4. The molecule has 0 saturated heterocycles. The molecule has 0 spiro atoms. The number of hydrogen-bond donors (Lipinski definition) is 0. The van der Waals surface area contributed by atoms with Crippen LogP contribution >= 0.6 is 0 Å². The molecule has 5 nitrogen and oxygen atoms in total. The van der Waals surface area contributed by atoms with Gasteiger partial charge in [0.25, 0.3) is 0 Å². The molecule has 0 unspecified atom stereocenters. The highest BCUT2D eigenvalue weighted by Gasteiger charge is 2.25. The van der Waals surface area contributed by atoms with Crippen LogP contribution in [0.25, 0.3) is 55.5 Å². The lowest BCUT2D eigenvalue weighted by Gasteiger charge is -2.25. The van der Waals surface area contributed by atoms with Gasteiger partial charge < -0.3 is 4.90 Å². The number of aromatic nitrogens is 4. The smallest absolute Gasteiger partial charge is 0.191 e. The van der Waals surface area contributed by atoms with Crippen molar-refractivity contribution in [2.75, 3.05) is 4.90 Å². The van der Waals surface area contributed by atoms with E-state index in [4.69, 9.17) is 4.98 Å². The minimum atomic E-state index is -0.0687. The number of anilines is 3. The van der Waals surface area contributed by atoms with Gasteiger partial charge in [0, 0.05) is 52.6 Å². The maximum absolute atomic E-state index is 4.96. The summed E-state index contributed by atoms with van der Waals surface area (Å²) in [4.78, 5) is 7.31. The molecule has 0 N–H and O–H groups in total. The zero-order valence-corrected chi connectivity index (χ0v) is 29.9. The van der Waals surface area contributed by atoms with Gasteiger partial charge in [-0.2, -0.15) is 4.57 Å². The molecule has 0 aliphatic carbocycles. The van der Waals surface area contributed by atoms with Crippen LogP contribution in [0, 0.1) is 6.92 Å². The van der Waals surface area contributed by atoms with Gasteiger partial charge in [0.15, 0.2) is 17.4 Å². The van der Waals surface area contributed by atoms with Crippen molar-refractivity contribution >= 4 is 49.9 Å². The van der Waals surface area contributed by atoms with Crippen molar-refractivity contribution in [3.63, 3.8) is 0 Å². The molecule has 0 bridgehead atoms. The van der Waals surface area contributed by atoms with Crippen molar-refractivity contribution in [1.82, 2.24) is 18.7 Å². The Morgan fingerprint density at radius 3 is 2.04 bits per heavy atom. The van der Waals surface area contributed by atoms with Crippen LogP contribution in [0.15, 0.2) is 170 Å². The van der Waals surface area contributed by atoms with Crippen LogP contribution in [0.1, 0.15) is 26.3 Å². The van der Waals surface area contributed by atoms with E-state index in [2.05, 4.69) is 210 Å². The molecule has 0 fully saturated rings. The molecular formula is C47H40N5+. The van der Waals surface area contributed by atoms with Gasteiger partial charge in [-0.15, -0.1) is 0 Å². The Labute approximate surface area is 304 Å². The first-order valence-electron chi connectivity index (χ1n) is 17.9. The Morgan fingerprint density at radius 1 is 0.558 bits per heavy atom. The topological polar surface area (TPSA) is 30.9 Å². The molecular weight excluding hydrogens is 635 g/mol. The Balaban J connectivity index is 1.24. The summed E-state index contributed by atoms with van der Waals surface area (Å²) in [6.07, 6.45) is 4.16. The van der Waals surface area contributed by atoms with Crippen LogP contribution in [0.2, 0.25) is 0 Å². The van der Waals surface area contributed by atoms with Gasteiger partial charge in [0.1, 0.15) is 11.5 Å². The largest absolute Gasteiger partial charge is 0.309 e. The molecule has 3 heterocycles. The van der Waals surface area contributed by atoms with Crippen LogP contribution in [0.5, 0.6) is 0 Å². The Hall–Kier alpha value is -6.46. The lowest BCUT2D eigenvalue weighted by Crippen LogP contribution is -2.20. The number of aryl methyl sites for hydroxylation is 1. The molecule has 9 rings (SSSR count). The SMILES string of the molecule is Cc1ccccc1-c1ccnc(-n2c3ccccc3c3ccc(N(c4ccccc4)c4cccc(-n5[cH+]n(C(C)(C)C)c6ccccc65)c4)cc32)c1. The molecule has 0 radical (unpaired) electrons. The maximum atomic E-state index is 4.96. The third kappa shape index (κ3) is 5.33. The average Bonchev–Trinajstić information content (AvgIpc) is 3.73. The fourth-order valence-electron chi connectivity index (χ4n) is 7.61. The van der Waals surface area contributed by atoms with Crippen molar-refractivity contribution in [2.24, 2.45) is 0 Å². The Bertz CT molecular complexity index is 2750. The predicted molar refractivity (Wildman–Crippen MR) is 218 cm³/mol. The monoisotopic (exact) mass is 674 g/mol. The van der Waals surface area contributed by atoms with Crippen LogP contribution in [0.3, 0.4) is 0 Å². The lowest BCUT2D eigenvalue weighted by molar-refractivity contribution is 0.406. The molecule has 252 valence electrons. The highest BCUT2D eigenvalue weighted by Crippen LogP contribution is 2.40. The molecule has 5 heteroatoms. The van der Waals surface area contributed by atoms with Gasteiger partial charge in [-0.05, 0) is 111 Å². The number of hydrogen-bond acceptors (Lipinski definition) is 2. The minimum absolute atomic E-state index is 0.0687. The van der Waals surface area contributed by atoms with Crippen LogP contribution in [0.4, 0.5) is 17.1 Å². The van der Waals surface area contributed by atoms with Crippen molar-refractivity contribution in [3.8, 4) is 22.6 Å². The van der Waals surface area contributed by atoms with E-state index in [1.165, 1.54) is 32.9 Å². The van der Waals surface area contributed by atoms with Gasteiger partial charge in [-0.1, -0.05) is 66.7 Å². The summed E-state index contributed by atoms with van der Waals surface area (Å²) in [6, 6.07) is 56.4. The van der Waals surface area contributed by atoms with Gasteiger partial charge in [-0.25, -0.2) is 9.55 Å². The van der Waals surface area contributed by atoms with Crippen molar-refractivity contribution < 1.29 is 0 Å². The van der Waals surface area contributed by atoms with Crippen LogP contribution in [-0.2, 0) is 5.54 Å². The van der Waals surface area contributed by atoms with E-state index < -0.39 is 0 Å². The molecule has 0 atom stereocenters. The summed E-state index contributed by atoms with van der Waals surface area (Å²) >= 11 is 0. The fraction of sp³-hybridized carbons (Fsp3) is 0.106. The predicted octanol–water partition coefficient (Wildman–Crippen LogP) is 12.4. The van der Waals surface area contributed by atoms with E-state index in [0.717, 1.165) is 45.2 Å². The summed E-state index contributed by atoms with van der Waals surface area (Å²) in [5, 5.41) is 2.39. The lowest BCUT2D eigenvalue weighted by atomic mass is 10.0. The second-order valence-electron chi connectivity index (χ2n) is 14.5. The number of imidazole rings is 1. The second kappa shape index (κ2) is 12.4. The van der Waals surface area contributed by atoms with Gasteiger partial charge >= 0.3 is 0 Å².